The first-order chi connectivity index (χ1) is 8.64. The molecule has 0 saturated carbocycles. The van der Waals surface area contributed by atoms with Crippen LogP contribution in [0.25, 0.3) is 0 Å². The summed E-state index contributed by atoms with van der Waals surface area (Å²) in [7, 11) is 0. The molecule has 18 heavy (non-hydrogen) atoms. The van der Waals surface area contributed by atoms with Crippen LogP contribution in [0.15, 0.2) is 12.2 Å². The van der Waals surface area contributed by atoms with E-state index in [0.29, 0.717) is 13.2 Å². The van der Waals surface area contributed by atoms with Crippen molar-refractivity contribution in [2.75, 3.05) is 39.5 Å². The molecular formula is C13H20N2O3. The van der Waals surface area contributed by atoms with Gasteiger partial charge >= 0.3 is 0 Å². The average Bonchev–Trinajstić information content (AvgIpc) is 2.82. The first-order valence-electron chi connectivity index (χ1n) is 6.54. The summed E-state index contributed by atoms with van der Waals surface area (Å²) in [5, 5.41) is 9.72. The summed E-state index contributed by atoms with van der Waals surface area (Å²) < 4.78 is 5.17. The molecule has 2 atom stereocenters. The van der Waals surface area contributed by atoms with E-state index in [1.165, 1.54) is 5.57 Å². The van der Waals surface area contributed by atoms with E-state index in [2.05, 4.69) is 11.5 Å². The predicted molar refractivity (Wildman–Crippen MR) is 66.1 cm³/mol. The van der Waals surface area contributed by atoms with Crippen molar-refractivity contribution >= 4 is 5.91 Å². The Morgan fingerprint density at radius 3 is 3.06 bits per heavy atom. The van der Waals surface area contributed by atoms with Crippen LogP contribution in [-0.2, 0) is 9.53 Å². The maximum atomic E-state index is 11.9. The number of morpholine rings is 1. The highest BCUT2D eigenvalue weighted by Gasteiger charge is 2.51. The van der Waals surface area contributed by atoms with Crippen molar-refractivity contribution in [3.05, 3.63) is 12.2 Å². The largest absolute Gasteiger partial charge is 0.394 e. The second-order valence-electron chi connectivity index (χ2n) is 5.69. The van der Waals surface area contributed by atoms with Crippen LogP contribution in [0.4, 0.5) is 0 Å². The fraction of sp³-hybridized carbons (Fsp3) is 0.769. The maximum Gasteiger partial charge on any atom is 0.248 e. The zero-order valence-electron chi connectivity index (χ0n) is 10.6. The molecule has 3 saturated heterocycles. The van der Waals surface area contributed by atoms with Gasteiger partial charge in [-0.25, -0.2) is 0 Å². The lowest BCUT2D eigenvalue weighted by Gasteiger charge is -2.33. The Hall–Kier alpha value is -0.910. The van der Waals surface area contributed by atoms with Crippen molar-refractivity contribution in [1.29, 1.82) is 0 Å². The Kier molecular flexibility index (Phi) is 2.92. The molecule has 0 aliphatic carbocycles. The number of rotatable bonds is 2. The van der Waals surface area contributed by atoms with Gasteiger partial charge in [0.05, 0.1) is 18.8 Å². The molecule has 5 heteroatoms. The third kappa shape index (κ3) is 1.77. The van der Waals surface area contributed by atoms with E-state index in [1.807, 2.05) is 4.90 Å². The SMILES string of the molecule is C=C1CN2C[C@H](N3CCOCC3=O)C[C@@]2(CO)C1. The lowest BCUT2D eigenvalue weighted by atomic mass is 9.92. The molecule has 0 aromatic heterocycles. The standard InChI is InChI=1S/C13H20N2O3/c1-10-4-13(9-16)5-11(7-14(13)6-10)15-2-3-18-8-12(15)17/h11,16H,1-9H2/t11-,13-/m1/s1. The van der Waals surface area contributed by atoms with Crippen LogP contribution < -0.4 is 0 Å². The first-order valence-corrected chi connectivity index (χ1v) is 6.54. The second kappa shape index (κ2) is 4.33. The van der Waals surface area contributed by atoms with Gasteiger partial charge in [-0.1, -0.05) is 12.2 Å². The Morgan fingerprint density at radius 1 is 1.56 bits per heavy atom. The minimum Gasteiger partial charge on any atom is -0.394 e. The molecule has 5 nitrogen and oxygen atoms in total. The molecule has 3 rings (SSSR count). The van der Waals surface area contributed by atoms with Gasteiger partial charge in [0.1, 0.15) is 6.61 Å². The van der Waals surface area contributed by atoms with E-state index in [-0.39, 0.29) is 30.7 Å². The molecule has 3 fully saturated rings. The molecule has 0 spiro atoms. The highest BCUT2D eigenvalue weighted by atomic mass is 16.5. The zero-order chi connectivity index (χ0) is 12.8. The molecule has 100 valence electrons. The summed E-state index contributed by atoms with van der Waals surface area (Å²) in [6.07, 6.45) is 1.72. The summed E-state index contributed by atoms with van der Waals surface area (Å²) in [5.41, 5.74) is 1.02. The number of carbonyl (C=O) groups excluding carboxylic acids is 1. The van der Waals surface area contributed by atoms with E-state index in [9.17, 15) is 9.90 Å². The van der Waals surface area contributed by atoms with Crippen LogP contribution in [-0.4, -0.2) is 71.8 Å². The number of nitrogens with zero attached hydrogens (tertiary/aromatic N) is 2. The Morgan fingerprint density at radius 2 is 2.39 bits per heavy atom. The summed E-state index contributed by atoms with van der Waals surface area (Å²) in [4.78, 5) is 16.1. The molecule has 0 aromatic rings. The molecule has 0 unspecified atom stereocenters. The normalized spacial score (nSPS) is 37.4. The average molecular weight is 252 g/mol. The van der Waals surface area contributed by atoms with E-state index < -0.39 is 0 Å². The van der Waals surface area contributed by atoms with Gasteiger partial charge in [0.25, 0.3) is 0 Å². The molecule has 3 heterocycles. The third-order valence-corrected chi connectivity index (χ3v) is 4.47. The van der Waals surface area contributed by atoms with Gasteiger partial charge in [0, 0.05) is 25.7 Å². The van der Waals surface area contributed by atoms with Gasteiger partial charge < -0.3 is 14.7 Å². The Bertz CT molecular complexity index is 384. The lowest BCUT2D eigenvalue weighted by molar-refractivity contribution is -0.145. The quantitative estimate of drug-likeness (QED) is 0.680. The van der Waals surface area contributed by atoms with Gasteiger partial charge in [-0.2, -0.15) is 0 Å². The number of amides is 1. The molecule has 0 radical (unpaired) electrons. The second-order valence-corrected chi connectivity index (χ2v) is 5.69. The number of hydrogen-bond acceptors (Lipinski definition) is 4. The number of fused-ring (bicyclic) bond motifs is 1. The van der Waals surface area contributed by atoms with Crippen molar-refractivity contribution in [3.8, 4) is 0 Å². The third-order valence-electron chi connectivity index (χ3n) is 4.47. The van der Waals surface area contributed by atoms with E-state index >= 15 is 0 Å². The van der Waals surface area contributed by atoms with Crippen molar-refractivity contribution in [2.24, 2.45) is 0 Å². The Labute approximate surface area is 107 Å². The molecule has 3 aliphatic heterocycles. The van der Waals surface area contributed by atoms with Crippen LogP contribution in [0.5, 0.6) is 0 Å². The summed E-state index contributed by atoms with van der Waals surface area (Å²) in [5.74, 6) is 0.0827. The van der Waals surface area contributed by atoms with Gasteiger partial charge in [0.2, 0.25) is 5.91 Å². The first kappa shape index (κ1) is 12.1. The molecule has 1 N–H and O–H groups in total. The summed E-state index contributed by atoms with van der Waals surface area (Å²) >= 11 is 0. The highest BCUT2D eigenvalue weighted by Crippen LogP contribution is 2.42. The summed E-state index contributed by atoms with van der Waals surface area (Å²) in [6, 6.07) is 0.224. The van der Waals surface area contributed by atoms with Crippen molar-refractivity contribution in [3.63, 3.8) is 0 Å². The van der Waals surface area contributed by atoms with Crippen LogP contribution in [0.1, 0.15) is 12.8 Å². The minimum absolute atomic E-state index is 0.0827. The highest BCUT2D eigenvalue weighted by molar-refractivity contribution is 5.78. The Balaban J connectivity index is 1.75. The molecule has 3 aliphatic rings. The molecule has 0 bridgehead atoms. The van der Waals surface area contributed by atoms with Crippen molar-refractivity contribution < 1.29 is 14.6 Å². The van der Waals surface area contributed by atoms with Crippen LogP contribution >= 0.6 is 0 Å². The van der Waals surface area contributed by atoms with Gasteiger partial charge in [0.15, 0.2) is 0 Å². The topological polar surface area (TPSA) is 53.0 Å². The monoisotopic (exact) mass is 252 g/mol. The van der Waals surface area contributed by atoms with Crippen LogP contribution in [0.3, 0.4) is 0 Å². The number of aliphatic hydroxyl groups is 1. The van der Waals surface area contributed by atoms with E-state index in [1.54, 1.807) is 0 Å². The smallest absolute Gasteiger partial charge is 0.248 e. The molecule has 1 amide bonds. The maximum absolute atomic E-state index is 11.9. The number of carbonyl (C=O) groups is 1. The van der Waals surface area contributed by atoms with Crippen molar-refractivity contribution in [2.45, 2.75) is 24.4 Å². The van der Waals surface area contributed by atoms with E-state index in [0.717, 1.165) is 25.9 Å². The van der Waals surface area contributed by atoms with Gasteiger partial charge in [-0.15, -0.1) is 0 Å². The number of aliphatic hydroxyl groups excluding tert-OH is 1. The zero-order valence-corrected chi connectivity index (χ0v) is 10.6. The lowest BCUT2D eigenvalue weighted by Crippen LogP contribution is -2.48. The van der Waals surface area contributed by atoms with Gasteiger partial charge in [-0.3, -0.25) is 9.69 Å². The molecule has 0 aromatic carbocycles. The summed E-state index contributed by atoms with van der Waals surface area (Å²) in [6.45, 7) is 7.40. The van der Waals surface area contributed by atoms with E-state index in [4.69, 9.17) is 4.74 Å². The van der Waals surface area contributed by atoms with Crippen LogP contribution in [0.2, 0.25) is 0 Å². The fourth-order valence-corrected chi connectivity index (χ4v) is 3.63. The number of ether oxygens (including phenoxy) is 1. The number of hydrogen-bond donors (Lipinski definition) is 1. The minimum atomic E-state index is -0.166. The molecular weight excluding hydrogens is 232 g/mol. The fourth-order valence-electron chi connectivity index (χ4n) is 3.63. The van der Waals surface area contributed by atoms with Crippen molar-refractivity contribution in [1.82, 2.24) is 9.80 Å². The van der Waals surface area contributed by atoms with Crippen LogP contribution in [0, 0.1) is 0 Å². The predicted octanol–water partition coefficient (Wildman–Crippen LogP) is -0.389. The van der Waals surface area contributed by atoms with Gasteiger partial charge in [-0.05, 0) is 12.8 Å².